The molecule has 1 saturated heterocycles. The predicted octanol–water partition coefficient (Wildman–Crippen LogP) is 5.57. The van der Waals surface area contributed by atoms with Gasteiger partial charge in [-0.15, -0.1) is 0 Å². The van der Waals surface area contributed by atoms with Crippen molar-refractivity contribution in [2.24, 2.45) is 0 Å². The van der Waals surface area contributed by atoms with Crippen LogP contribution >= 0.6 is 12.2 Å². The average Bonchev–Trinajstić information content (AvgIpc) is 3.33. The third-order valence-corrected chi connectivity index (χ3v) is 6.85. The lowest BCUT2D eigenvalue weighted by atomic mass is 9.96. The molecule has 5 rings (SSSR count). The molecule has 1 aromatic carbocycles. The van der Waals surface area contributed by atoms with Crippen LogP contribution in [-0.2, 0) is 6.54 Å². The number of anilines is 1. The predicted molar refractivity (Wildman–Crippen MR) is 136 cm³/mol. The van der Waals surface area contributed by atoms with Crippen molar-refractivity contribution < 1.29 is 4.39 Å². The fraction of sp³-hybridized carbons (Fsp3) is 0.222. The summed E-state index contributed by atoms with van der Waals surface area (Å²) in [4.78, 5) is 10.9. The van der Waals surface area contributed by atoms with Gasteiger partial charge in [-0.2, -0.15) is 0 Å². The van der Waals surface area contributed by atoms with Crippen LogP contribution in [0, 0.1) is 26.6 Å². The fourth-order valence-electron chi connectivity index (χ4n) is 4.77. The minimum Gasteiger partial charge on any atom is -0.351 e. The molecule has 1 fully saturated rings. The molecule has 0 spiro atoms. The monoisotopic (exact) mass is 471 g/mol. The van der Waals surface area contributed by atoms with Gasteiger partial charge < -0.3 is 14.8 Å². The molecule has 0 amide bonds. The molecular formula is C27H26FN5S. The molecule has 34 heavy (non-hydrogen) atoms. The van der Waals surface area contributed by atoms with Crippen molar-refractivity contribution in [1.82, 2.24) is 19.9 Å². The summed E-state index contributed by atoms with van der Waals surface area (Å²) >= 11 is 5.82. The van der Waals surface area contributed by atoms with Gasteiger partial charge in [-0.3, -0.25) is 9.97 Å². The van der Waals surface area contributed by atoms with Crippen LogP contribution in [0.3, 0.4) is 0 Å². The first kappa shape index (κ1) is 22.2. The molecule has 7 heteroatoms. The molecule has 0 saturated carbocycles. The van der Waals surface area contributed by atoms with Crippen LogP contribution in [0.5, 0.6) is 0 Å². The Kier molecular flexibility index (Phi) is 5.87. The van der Waals surface area contributed by atoms with Gasteiger partial charge in [-0.1, -0.05) is 6.07 Å². The molecule has 0 radical (unpaired) electrons. The van der Waals surface area contributed by atoms with Crippen molar-refractivity contribution in [3.63, 3.8) is 0 Å². The van der Waals surface area contributed by atoms with Crippen LogP contribution in [0.4, 0.5) is 10.1 Å². The number of rotatable bonds is 5. The minimum absolute atomic E-state index is 0.135. The Morgan fingerprint density at radius 1 is 1.00 bits per heavy atom. The van der Waals surface area contributed by atoms with E-state index in [0.717, 1.165) is 34.9 Å². The first-order chi connectivity index (χ1) is 16.4. The molecule has 5 nitrogen and oxygen atoms in total. The lowest BCUT2D eigenvalue weighted by molar-refractivity contribution is 0.563. The number of benzene rings is 1. The molecule has 0 bridgehead atoms. The van der Waals surface area contributed by atoms with Crippen LogP contribution in [0.2, 0.25) is 0 Å². The highest BCUT2D eigenvalue weighted by molar-refractivity contribution is 7.80. The zero-order chi connectivity index (χ0) is 23.8. The zero-order valence-electron chi connectivity index (χ0n) is 19.4. The number of nitrogens with zero attached hydrogens (tertiary/aromatic N) is 4. The van der Waals surface area contributed by atoms with Crippen LogP contribution in [-0.4, -0.2) is 19.6 Å². The SMILES string of the molecule is Cc1cc(N2C(=S)NC(c3ccccn3)C2c2cc(C)n(Cc3ccncc3)c2C)ccc1F. The molecule has 1 aliphatic heterocycles. The van der Waals surface area contributed by atoms with Gasteiger partial charge in [0.15, 0.2) is 5.11 Å². The second-order valence-electron chi connectivity index (χ2n) is 8.70. The number of thiocarbonyl (C=S) groups is 1. The Labute approximate surface area is 204 Å². The first-order valence-electron chi connectivity index (χ1n) is 11.3. The van der Waals surface area contributed by atoms with Gasteiger partial charge in [-0.05, 0) is 98.2 Å². The number of aromatic nitrogens is 3. The van der Waals surface area contributed by atoms with E-state index in [9.17, 15) is 4.39 Å². The third kappa shape index (κ3) is 3.96. The van der Waals surface area contributed by atoms with Crippen LogP contribution in [0.15, 0.2) is 73.2 Å². The highest BCUT2D eigenvalue weighted by Gasteiger charge is 2.42. The molecule has 2 unspecified atom stereocenters. The van der Waals surface area contributed by atoms with Gasteiger partial charge in [0, 0.05) is 42.2 Å². The van der Waals surface area contributed by atoms with E-state index in [1.807, 2.05) is 48.8 Å². The second kappa shape index (κ2) is 8.99. The van der Waals surface area contributed by atoms with Gasteiger partial charge in [0.2, 0.25) is 0 Å². The summed E-state index contributed by atoms with van der Waals surface area (Å²) < 4.78 is 16.4. The number of aryl methyl sites for hydroxylation is 2. The van der Waals surface area contributed by atoms with Crippen LogP contribution in [0.1, 0.15) is 45.9 Å². The van der Waals surface area contributed by atoms with E-state index >= 15 is 0 Å². The standard InChI is InChI=1S/C27H26FN5S/c1-17-14-21(7-8-23(17)28)33-26(25(31-27(33)34)24-6-4-5-11-30-24)22-15-18(2)32(19(22)3)16-20-9-12-29-13-10-20/h4-15,25-26H,16H2,1-3H3,(H,31,34). The third-order valence-electron chi connectivity index (χ3n) is 6.54. The molecule has 172 valence electrons. The van der Waals surface area contributed by atoms with Crippen molar-refractivity contribution in [2.75, 3.05) is 4.90 Å². The summed E-state index contributed by atoms with van der Waals surface area (Å²) in [6.07, 6.45) is 5.44. The van der Waals surface area contributed by atoms with E-state index < -0.39 is 0 Å². The van der Waals surface area contributed by atoms with E-state index in [-0.39, 0.29) is 17.9 Å². The van der Waals surface area contributed by atoms with Crippen molar-refractivity contribution in [2.45, 2.75) is 39.4 Å². The summed E-state index contributed by atoms with van der Waals surface area (Å²) in [5, 5.41) is 4.09. The summed E-state index contributed by atoms with van der Waals surface area (Å²) in [6, 6.07) is 17.1. The molecule has 3 aromatic heterocycles. The van der Waals surface area contributed by atoms with Gasteiger partial charge in [0.25, 0.3) is 0 Å². The van der Waals surface area contributed by atoms with Gasteiger partial charge in [0.05, 0.1) is 17.8 Å². The number of hydrogen-bond acceptors (Lipinski definition) is 3. The molecule has 4 heterocycles. The van der Waals surface area contributed by atoms with Crippen molar-refractivity contribution in [1.29, 1.82) is 0 Å². The number of nitrogens with one attached hydrogen (secondary N) is 1. The topological polar surface area (TPSA) is 46.0 Å². The van der Waals surface area contributed by atoms with Gasteiger partial charge in [0.1, 0.15) is 5.82 Å². The van der Waals surface area contributed by atoms with E-state index in [1.54, 1.807) is 19.2 Å². The zero-order valence-corrected chi connectivity index (χ0v) is 20.2. The minimum atomic E-state index is -0.227. The highest BCUT2D eigenvalue weighted by atomic mass is 32.1. The Balaban J connectivity index is 1.63. The van der Waals surface area contributed by atoms with Crippen molar-refractivity contribution >= 4 is 23.0 Å². The van der Waals surface area contributed by atoms with Crippen molar-refractivity contribution in [3.05, 3.63) is 113 Å². The Morgan fingerprint density at radius 3 is 2.50 bits per heavy atom. The van der Waals surface area contributed by atoms with E-state index in [0.29, 0.717) is 10.7 Å². The normalized spacial score (nSPS) is 17.8. The first-order valence-corrected chi connectivity index (χ1v) is 11.7. The maximum Gasteiger partial charge on any atom is 0.174 e. The van der Waals surface area contributed by atoms with Gasteiger partial charge >= 0.3 is 0 Å². The molecule has 2 atom stereocenters. The average molecular weight is 472 g/mol. The lowest BCUT2D eigenvalue weighted by Crippen LogP contribution is -2.29. The summed E-state index contributed by atoms with van der Waals surface area (Å²) in [5.74, 6) is -0.227. The summed E-state index contributed by atoms with van der Waals surface area (Å²) in [7, 11) is 0. The summed E-state index contributed by atoms with van der Waals surface area (Å²) in [6.45, 7) is 6.81. The maximum absolute atomic E-state index is 14.1. The Hall–Kier alpha value is -3.58. The number of pyridine rings is 2. The fourth-order valence-corrected chi connectivity index (χ4v) is 5.11. The number of hydrogen-bond donors (Lipinski definition) is 1. The smallest absolute Gasteiger partial charge is 0.174 e. The van der Waals surface area contributed by atoms with E-state index in [1.165, 1.54) is 11.6 Å². The Morgan fingerprint density at radius 2 is 1.79 bits per heavy atom. The Bertz CT molecular complexity index is 1340. The van der Waals surface area contributed by atoms with E-state index in [4.69, 9.17) is 12.2 Å². The second-order valence-corrected chi connectivity index (χ2v) is 9.08. The van der Waals surface area contributed by atoms with Gasteiger partial charge in [-0.25, -0.2) is 4.39 Å². The lowest BCUT2D eigenvalue weighted by Gasteiger charge is -2.28. The summed E-state index contributed by atoms with van der Waals surface area (Å²) in [5.41, 5.74) is 7.04. The number of halogens is 1. The largest absolute Gasteiger partial charge is 0.351 e. The molecule has 1 N–H and O–H groups in total. The van der Waals surface area contributed by atoms with Crippen molar-refractivity contribution in [3.8, 4) is 0 Å². The van der Waals surface area contributed by atoms with E-state index in [2.05, 4.69) is 44.7 Å². The van der Waals surface area contributed by atoms with Crippen LogP contribution < -0.4 is 10.2 Å². The molecule has 4 aromatic rings. The maximum atomic E-state index is 14.1. The van der Waals surface area contributed by atoms with Crippen LogP contribution in [0.25, 0.3) is 0 Å². The molecule has 0 aliphatic carbocycles. The quantitative estimate of drug-likeness (QED) is 0.386. The molecule has 1 aliphatic rings. The highest BCUT2D eigenvalue weighted by Crippen LogP contribution is 2.43. The molecular weight excluding hydrogens is 445 g/mol.